The van der Waals surface area contributed by atoms with Gasteiger partial charge in [-0.05, 0) is 19.9 Å². The molecule has 1 atom stereocenters. The van der Waals surface area contributed by atoms with Crippen molar-refractivity contribution < 1.29 is 4.74 Å². The molecule has 1 unspecified atom stereocenters. The van der Waals surface area contributed by atoms with Crippen LogP contribution in [-0.2, 0) is 11.3 Å². The monoisotopic (exact) mass is 252 g/mol. The summed E-state index contributed by atoms with van der Waals surface area (Å²) in [5.74, 6) is 0. The zero-order valence-corrected chi connectivity index (χ0v) is 10.7. The first-order chi connectivity index (χ1) is 8.79. The highest BCUT2D eigenvalue weighted by atomic mass is 16.5. The molecule has 0 amide bonds. The summed E-state index contributed by atoms with van der Waals surface area (Å²) in [4.78, 5) is 11.8. The molecule has 1 fully saturated rings. The number of likely N-dealkylation sites (N-methyl/N-ethyl adjacent to an activating group) is 1. The molecule has 1 aromatic heterocycles. The molecule has 1 aromatic rings. The lowest BCUT2D eigenvalue weighted by Gasteiger charge is -2.11. The molecule has 1 aliphatic rings. The summed E-state index contributed by atoms with van der Waals surface area (Å²) in [7, 11) is 1.89. The van der Waals surface area contributed by atoms with E-state index >= 15 is 0 Å². The Hall–Kier alpha value is -1.40. The van der Waals surface area contributed by atoms with Gasteiger partial charge in [0.25, 0.3) is 5.56 Å². The van der Waals surface area contributed by atoms with Crippen molar-refractivity contribution in [2.75, 3.05) is 32.1 Å². The van der Waals surface area contributed by atoms with E-state index in [1.165, 1.54) is 4.68 Å². The highest BCUT2D eigenvalue weighted by molar-refractivity contribution is 5.38. The molecule has 0 aromatic carbocycles. The van der Waals surface area contributed by atoms with Crippen molar-refractivity contribution in [3.8, 4) is 0 Å². The summed E-state index contributed by atoms with van der Waals surface area (Å²) in [5, 5.41) is 10.3. The van der Waals surface area contributed by atoms with Gasteiger partial charge < -0.3 is 15.4 Å². The van der Waals surface area contributed by atoms with E-state index in [4.69, 9.17) is 4.74 Å². The average molecular weight is 252 g/mol. The quantitative estimate of drug-likeness (QED) is 0.700. The van der Waals surface area contributed by atoms with Crippen LogP contribution >= 0.6 is 0 Å². The number of anilines is 1. The van der Waals surface area contributed by atoms with Crippen molar-refractivity contribution in [3.05, 3.63) is 22.6 Å². The number of rotatable bonds is 6. The van der Waals surface area contributed by atoms with Crippen molar-refractivity contribution in [3.63, 3.8) is 0 Å². The van der Waals surface area contributed by atoms with Gasteiger partial charge in [0.1, 0.15) is 0 Å². The fraction of sp³-hybridized carbons (Fsp3) is 0.667. The van der Waals surface area contributed by atoms with E-state index in [9.17, 15) is 4.79 Å². The molecule has 0 aliphatic carbocycles. The van der Waals surface area contributed by atoms with Crippen LogP contribution in [-0.4, -0.2) is 42.6 Å². The molecule has 2 N–H and O–H groups in total. The molecule has 1 aliphatic heterocycles. The van der Waals surface area contributed by atoms with Gasteiger partial charge in [-0.3, -0.25) is 4.79 Å². The first-order valence-corrected chi connectivity index (χ1v) is 6.37. The third kappa shape index (κ3) is 3.54. The number of aromatic nitrogens is 2. The molecule has 0 radical (unpaired) electrons. The number of nitrogens with one attached hydrogen (secondary N) is 2. The summed E-state index contributed by atoms with van der Waals surface area (Å²) in [5.41, 5.74) is 0.679. The van der Waals surface area contributed by atoms with Crippen LogP contribution < -0.4 is 16.2 Å². The smallest absolute Gasteiger partial charge is 0.268 e. The highest BCUT2D eigenvalue weighted by Crippen LogP contribution is 2.12. The number of ether oxygens (including phenoxy) is 1. The minimum atomic E-state index is -0.0834. The van der Waals surface area contributed by atoms with Gasteiger partial charge in [-0.25, -0.2) is 4.68 Å². The minimum absolute atomic E-state index is 0.0834. The molecule has 0 bridgehead atoms. The van der Waals surface area contributed by atoms with Crippen molar-refractivity contribution >= 4 is 5.69 Å². The van der Waals surface area contributed by atoms with Crippen LogP contribution in [0.25, 0.3) is 0 Å². The Balaban J connectivity index is 1.94. The van der Waals surface area contributed by atoms with Crippen molar-refractivity contribution in [2.45, 2.75) is 25.5 Å². The molecular formula is C12H20N4O2. The van der Waals surface area contributed by atoms with Crippen LogP contribution in [0.1, 0.15) is 12.8 Å². The van der Waals surface area contributed by atoms with E-state index < -0.39 is 0 Å². The normalized spacial score (nSPS) is 19.1. The SMILES string of the molecule is CNCCNc1cnn(CC2CCCO2)c(=O)c1. The number of hydrogen-bond donors (Lipinski definition) is 2. The summed E-state index contributed by atoms with van der Waals surface area (Å²) < 4.78 is 6.97. The van der Waals surface area contributed by atoms with Crippen LogP contribution in [0.5, 0.6) is 0 Å². The Labute approximate surface area is 106 Å². The van der Waals surface area contributed by atoms with E-state index in [1.54, 1.807) is 12.3 Å². The lowest BCUT2D eigenvalue weighted by atomic mass is 10.2. The number of nitrogens with zero attached hydrogens (tertiary/aromatic N) is 2. The molecule has 0 spiro atoms. The van der Waals surface area contributed by atoms with Gasteiger partial charge in [0.15, 0.2) is 0 Å². The fourth-order valence-electron chi connectivity index (χ4n) is 1.98. The Morgan fingerprint density at radius 3 is 3.11 bits per heavy atom. The number of hydrogen-bond acceptors (Lipinski definition) is 5. The van der Waals surface area contributed by atoms with Gasteiger partial charge in [0, 0.05) is 25.8 Å². The molecule has 0 saturated carbocycles. The van der Waals surface area contributed by atoms with Gasteiger partial charge in [0.05, 0.1) is 24.5 Å². The average Bonchev–Trinajstić information content (AvgIpc) is 2.86. The first-order valence-electron chi connectivity index (χ1n) is 6.37. The predicted octanol–water partition coefficient (Wildman–Crippen LogP) is 0.0536. The minimum Gasteiger partial charge on any atom is -0.382 e. The lowest BCUT2D eigenvalue weighted by molar-refractivity contribution is 0.0927. The van der Waals surface area contributed by atoms with Crippen LogP contribution in [0.3, 0.4) is 0 Å². The van der Waals surface area contributed by atoms with Gasteiger partial charge in [-0.15, -0.1) is 0 Å². The molecule has 18 heavy (non-hydrogen) atoms. The van der Waals surface area contributed by atoms with Gasteiger partial charge in [-0.1, -0.05) is 0 Å². The van der Waals surface area contributed by atoms with E-state index in [-0.39, 0.29) is 11.7 Å². The van der Waals surface area contributed by atoms with Gasteiger partial charge >= 0.3 is 0 Å². The van der Waals surface area contributed by atoms with Gasteiger partial charge in [-0.2, -0.15) is 5.10 Å². The second kappa shape index (κ2) is 6.51. The maximum atomic E-state index is 11.8. The van der Waals surface area contributed by atoms with Gasteiger partial charge in [0.2, 0.25) is 0 Å². The fourth-order valence-corrected chi connectivity index (χ4v) is 1.98. The van der Waals surface area contributed by atoms with E-state index in [1.807, 2.05) is 7.05 Å². The summed E-state index contributed by atoms with van der Waals surface area (Å²) >= 11 is 0. The predicted molar refractivity (Wildman–Crippen MR) is 69.9 cm³/mol. The molecule has 6 nitrogen and oxygen atoms in total. The molecule has 6 heteroatoms. The standard InChI is InChI=1S/C12H20N4O2/c1-13-4-5-14-10-7-12(17)16(15-8-10)9-11-3-2-6-18-11/h7-8,11,13-14H,2-6,9H2,1H3. The van der Waals surface area contributed by atoms with Crippen LogP contribution in [0.4, 0.5) is 5.69 Å². The Morgan fingerprint density at radius 1 is 1.56 bits per heavy atom. The molecule has 100 valence electrons. The third-order valence-electron chi connectivity index (χ3n) is 2.97. The summed E-state index contributed by atoms with van der Waals surface area (Å²) in [6.07, 6.45) is 3.91. The maximum Gasteiger partial charge on any atom is 0.268 e. The highest BCUT2D eigenvalue weighted by Gasteiger charge is 2.16. The summed E-state index contributed by atoms with van der Waals surface area (Å²) in [6.45, 7) is 2.96. The second-order valence-electron chi connectivity index (χ2n) is 4.43. The third-order valence-corrected chi connectivity index (χ3v) is 2.97. The Kier molecular flexibility index (Phi) is 4.72. The zero-order chi connectivity index (χ0) is 12.8. The molecular weight excluding hydrogens is 232 g/mol. The second-order valence-corrected chi connectivity index (χ2v) is 4.43. The zero-order valence-electron chi connectivity index (χ0n) is 10.7. The van der Waals surface area contributed by atoms with Crippen molar-refractivity contribution in [1.29, 1.82) is 0 Å². The van der Waals surface area contributed by atoms with Crippen molar-refractivity contribution in [2.24, 2.45) is 0 Å². The molecule has 1 saturated heterocycles. The van der Waals surface area contributed by atoms with E-state index in [2.05, 4.69) is 15.7 Å². The topological polar surface area (TPSA) is 68.2 Å². The van der Waals surface area contributed by atoms with Crippen LogP contribution in [0.2, 0.25) is 0 Å². The first kappa shape index (κ1) is 13.0. The molecule has 2 heterocycles. The molecule has 2 rings (SSSR count). The van der Waals surface area contributed by atoms with Crippen LogP contribution in [0.15, 0.2) is 17.1 Å². The Morgan fingerprint density at radius 2 is 2.44 bits per heavy atom. The largest absolute Gasteiger partial charge is 0.382 e. The van der Waals surface area contributed by atoms with Crippen molar-refractivity contribution in [1.82, 2.24) is 15.1 Å². The lowest BCUT2D eigenvalue weighted by Crippen LogP contribution is -2.28. The Bertz CT molecular complexity index is 426. The van der Waals surface area contributed by atoms with E-state index in [0.29, 0.717) is 6.54 Å². The maximum absolute atomic E-state index is 11.8. The summed E-state index contributed by atoms with van der Waals surface area (Å²) in [6, 6.07) is 1.58. The van der Waals surface area contributed by atoms with E-state index in [0.717, 1.165) is 38.2 Å². The van der Waals surface area contributed by atoms with Crippen LogP contribution in [0, 0.1) is 0 Å².